The van der Waals surface area contributed by atoms with Gasteiger partial charge in [0, 0.05) is 12.4 Å². The second-order valence-electron chi connectivity index (χ2n) is 16.3. The van der Waals surface area contributed by atoms with Crippen molar-refractivity contribution in [3.8, 4) is 0 Å². The summed E-state index contributed by atoms with van der Waals surface area (Å²) in [4.78, 5) is 0. The Morgan fingerprint density at radius 2 is 0.892 bits per heavy atom. The van der Waals surface area contributed by atoms with Crippen LogP contribution >= 0.6 is 0 Å². The molecule has 7 rings (SSSR count). The molecule has 0 saturated carbocycles. The van der Waals surface area contributed by atoms with Crippen molar-refractivity contribution in [2.75, 3.05) is 39.6 Å². The third kappa shape index (κ3) is 10.4. The molecule has 20 atom stereocenters. The van der Waals surface area contributed by atoms with Crippen LogP contribution < -0.4 is 0 Å². The van der Waals surface area contributed by atoms with E-state index in [9.17, 15) is 71.5 Å². The van der Waals surface area contributed by atoms with Gasteiger partial charge in [0.1, 0.15) is 109 Å². The van der Waals surface area contributed by atoms with Gasteiger partial charge in [0.2, 0.25) is 0 Å². The van der Waals surface area contributed by atoms with Gasteiger partial charge in [0.05, 0.1) is 57.2 Å². The van der Waals surface area contributed by atoms with Gasteiger partial charge in [0.25, 0.3) is 0 Å². The summed E-state index contributed by atoms with van der Waals surface area (Å²) in [5, 5.41) is 169. The normalized spacial score (nSPS) is 40.3. The molecule has 4 saturated heterocycles. The van der Waals surface area contributed by atoms with Gasteiger partial charge >= 0.3 is 0 Å². The first-order valence-electron chi connectivity index (χ1n) is 21.0. The van der Waals surface area contributed by atoms with E-state index in [-0.39, 0.29) is 31.7 Å². The molecular formula is C36H57N9O20. The van der Waals surface area contributed by atoms with Crippen LogP contribution in [-0.4, -0.2) is 254 Å². The molecule has 0 spiro atoms. The first kappa shape index (κ1) is 49.5. The molecule has 7 heterocycles. The molecule has 0 aromatic carbocycles. The first-order chi connectivity index (χ1) is 31.2. The number of ether oxygens (including phenoxy) is 6. The third-order valence-corrected chi connectivity index (χ3v) is 12.0. The van der Waals surface area contributed by atoms with E-state index in [1.807, 2.05) is 0 Å². The highest BCUT2D eigenvalue weighted by Gasteiger charge is 2.50. The Bertz CT molecular complexity index is 1790. The van der Waals surface area contributed by atoms with Gasteiger partial charge in [-0.05, 0) is 25.7 Å². The molecule has 4 aliphatic heterocycles. The lowest BCUT2D eigenvalue weighted by atomic mass is 9.91. The van der Waals surface area contributed by atoms with E-state index in [0.29, 0.717) is 24.2 Å². The van der Waals surface area contributed by atoms with E-state index in [0.717, 1.165) is 4.68 Å². The van der Waals surface area contributed by atoms with E-state index in [1.54, 1.807) is 0 Å². The summed E-state index contributed by atoms with van der Waals surface area (Å²) < 4.78 is 37.2. The number of nitrogens with zero attached hydrogens (tertiary/aromatic N) is 9. The molecule has 0 bridgehead atoms. The zero-order chi connectivity index (χ0) is 46.7. The largest absolute Gasteiger partial charge is 0.394 e. The summed E-state index contributed by atoms with van der Waals surface area (Å²) in [5.41, 5.74) is 0.796. The molecule has 0 aliphatic carbocycles. The number of aromatic nitrogens is 9. The number of aryl methyl sites for hydroxylation is 2. The maximum Gasteiger partial charge on any atom is 0.186 e. The number of hydrogen-bond donors (Lipinski definition) is 14. The Hall–Kier alpha value is -3.38. The van der Waals surface area contributed by atoms with Crippen LogP contribution in [0.2, 0.25) is 0 Å². The van der Waals surface area contributed by atoms with Crippen molar-refractivity contribution in [2.45, 2.75) is 148 Å². The van der Waals surface area contributed by atoms with Gasteiger partial charge in [-0.25, -0.2) is 14.0 Å². The minimum atomic E-state index is -1.69. The molecule has 29 nitrogen and oxygen atoms in total. The summed E-state index contributed by atoms with van der Waals surface area (Å²) in [6, 6.07) is -2.26. The number of rotatable bonds is 18. The summed E-state index contributed by atoms with van der Waals surface area (Å²) in [5.74, 6) is 0. The number of aliphatic hydroxyl groups excluding tert-OH is 14. The Morgan fingerprint density at radius 3 is 1.37 bits per heavy atom. The molecule has 14 N–H and O–H groups in total. The lowest BCUT2D eigenvalue weighted by molar-refractivity contribution is -0.301. The van der Waals surface area contributed by atoms with Crippen LogP contribution in [0.15, 0.2) is 18.6 Å². The Balaban J connectivity index is 0.918. The number of aliphatic hydroxyl groups is 14. The second kappa shape index (κ2) is 21.7. The fourth-order valence-corrected chi connectivity index (χ4v) is 8.31. The van der Waals surface area contributed by atoms with E-state index in [1.165, 1.54) is 28.0 Å². The van der Waals surface area contributed by atoms with E-state index in [2.05, 4.69) is 30.9 Å². The average Bonchev–Trinajstić information content (AvgIpc) is 4.10. The SMILES string of the molecule is OC[C@@H]1O[C@H](n2cc([C@@H]3O[C@H](CO)[C@@H](n4cc(CCCO[C@@H]5O[C@H](CO)[C@H](O)[C@H](O)[C@H]5O)nn4)[C@H](O)[C@H]3O)nn2)[C@@H](O)[C@H](O)[C@H]1n1cc(CCCO[C@H]2O[C@H](CO)[C@@H](O)[C@@H](O)[C@@H]2O)nn1. The molecule has 3 aromatic heterocycles. The smallest absolute Gasteiger partial charge is 0.186 e. The van der Waals surface area contributed by atoms with Crippen molar-refractivity contribution in [2.24, 2.45) is 0 Å². The van der Waals surface area contributed by atoms with Crippen molar-refractivity contribution in [3.63, 3.8) is 0 Å². The maximum absolute atomic E-state index is 11.3. The average molecular weight is 936 g/mol. The zero-order valence-corrected chi connectivity index (χ0v) is 34.6. The second-order valence-corrected chi connectivity index (χ2v) is 16.3. The Morgan fingerprint density at radius 1 is 0.446 bits per heavy atom. The molecule has 3 aromatic rings. The number of hydrogen-bond acceptors (Lipinski definition) is 26. The minimum absolute atomic E-state index is 0.00989. The van der Waals surface area contributed by atoms with E-state index >= 15 is 0 Å². The topological polar surface area (TPSA) is 431 Å². The van der Waals surface area contributed by atoms with Crippen LogP contribution in [0.4, 0.5) is 0 Å². The summed E-state index contributed by atoms with van der Waals surface area (Å²) in [6.45, 7) is -2.48. The van der Waals surface area contributed by atoms with Gasteiger partial charge in [-0.2, -0.15) is 0 Å². The molecule has 0 amide bonds. The van der Waals surface area contributed by atoms with Crippen molar-refractivity contribution in [1.82, 2.24) is 45.0 Å². The van der Waals surface area contributed by atoms with Crippen molar-refractivity contribution in [1.29, 1.82) is 0 Å². The molecule has 65 heavy (non-hydrogen) atoms. The quantitative estimate of drug-likeness (QED) is 0.0527. The van der Waals surface area contributed by atoms with E-state index < -0.39 is 149 Å². The fraction of sp³-hybridized carbons (Fsp3) is 0.833. The standard InChI is InChI=1S/C36H57N9O20/c46-10-17-21(43-7-14(37-40-43)3-1-5-60-35-31(58)27(54)23(50)19(12-48)64-35)25(52)29(56)33(62-17)16-9-45(42-39-16)34-30(57)26(53)22(18(11-47)63-34)44-8-15(38-41-44)4-2-6-61-36-32(59)28(55)24(51)20(13-49)65-36/h7-9,17-36,46-59H,1-6,10-13H2/t17-,18+,19-,20-,21-,22+,23+,24-,25+,26-,27+,28-,29-,30+,31-,32+,33+,34+,35-,36+/m1/s1. The molecule has 366 valence electrons. The molecule has 4 aliphatic rings. The zero-order valence-electron chi connectivity index (χ0n) is 34.6. The van der Waals surface area contributed by atoms with Crippen LogP contribution in [0, 0.1) is 0 Å². The molecule has 0 radical (unpaired) electrons. The van der Waals surface area contributed by atoms with Crippen LogP contribution in [0.3, 0.4) is 0 Å². The van der Waals surface area contributed by atoms with Crippen LogP contribution in [0.1, 0.15) is 54.3 Å². The summed E-state index contributed by atoms with van der Waals surface area (Å²) in [6.07, 6.45) is -20.5. The van der Waals surface area contributed by atoms with Crippen LogP contribution in [0.5, 0.6) is 0 Å². The molecule has 4 fully saturated rings. The van der Waals surface area contributed by atoms with Crippen LogP contribution in [-0.2, 0) is 41.3 Å². The highest BCUT2D eigenvalue weighted by Crippen LogP contribution is 2.39. The molecule has 29 heteroatoms. The van der Waals surface area contributed by atoms with Gasteiger partial charge in [0.15, 0.2) is 18.8 Å². The van der Waals surface area contributed by atoms with Gasteiger partial charge < -0.3 is 99.9 Å². The van der Waals surface area contributed by atoms with Gasteiger partial charge in [-0.1, -0.05) is 15.6 Å². The maximum atomic E-state index is 11.3. The highest BCUT2D eigenvalue weighted by atomic mass is 16.7. The molecular weight excluding hydrogens is 878 g/mol. The fourth-order valence-electron chi connectivity index (χ4n) is 8.31. The monoisotopic (exact) mass is 935 g/mol. The lowest BCUT2D eigenvalue weighted by Crippen LogP contribution is -2.59. The third-order valence-electron chi connectivity index (χ3n) is 12.0. The minimum Gasteiger partial charge on any atom is -0.394 e. The predicted octanol–water partition coefficient (Wildman–Crippen LogP) is -8.79. The Labute approximate surface area is 368 Å². The lowest BCUT2D eigenvalue weighted by Gasteiger charge is -2.42. The first-order valence-corrected chi connectivity index (χ1v) is 21.0. The van der Waals surface area contributed by atoms with Crippen molar-refractivity contribution < 1.29 is 99.9 Å². The highest BCUT2D eigenvalue weighted by molar-refractivity contribution is 5.09. The van der Waals surface area contributed by atoms with Crippen molar-refractivity contribution >= 4 is 0 Å². The summed E-state index contributed by atoms with van der Waals surface area (Å²) in [7, 11) is 0. The van der Waals surface area contributed by atoms with Gasteiger partial charge in [-0.15, -0.1) is 15.3 Å². The van der Waals surface area contributed by atoms with Gasteiger partial charge in [-0.3, -0.25) is 0 Å². The van der Waals surface area contributed by atoms with Crippen LogP contribution in [0.25, 0.3) is 0 Å². The molecule has 0 unspecified atom stereocenters. The van der Waals surface area contributed by atoms with Crippen molar-refractivity contribution in [3.05, 3.63) is 35.7 Å². The van der Waals surface area contributed by atoms with E-state index in [4.69, 9.17) is 28.4 Å². The predicted molar refractivity (Wildman–Crippen MR) is 204 cm³/mol. The summed E-state index contributed by atoms with van der Waals surface area (Å²) >= 11 is 0. The Kier molecular flexibility index (Phi) is 16.5.